The number of hydrogen-bond donors (Lipinski definition) is 2. The second kappa shape index (κ2) is 5.54. The molecule has 13 heavy (non-hydrogen) atoms. The van der Waals surface area contributed by atoms with E-state index in [1.54, 1.807) is 7.11 Å². The summed E-state index contributed by atoms with van der Waals surface area (Å²) >= 11 is 0. The zero-order valence-electron chi connectivity index (χ0n) is 8.11. The van der Waals surface area contributed by atoms with Gasteiger partial charge in [0.05, 0.1) is 19.3 Å². The van der Waals surface area contributed by atoms with Crippen LogP contribution in [0.25, 0.3) is 0 Å². The molecule has 3 atom stereocenters. The van der Waals surface area contributed by atoms with Crippen LogP contribution in [-0.2, 0) is 9.47 Å². The summed E-state index contributed by atoms with van der Waals surface area (Å²) in [5, 5.41) is 9.30. The highest BCUT2D eigenvalue weighted by Gasteiger charge is 2.24. The lowest BCUT2D eigenvalue weighted by Gasteiger charge is -2.18. The number of aliphatic hydroxyl groups excluding tert-OH is 1. The fraction of sp³-hybridized carbons (Fsp3) is 1.00. The van der Waals surface area contributed by atoms with Gasteiger partial charge in [0.2, 0.25) is 0 Å². The van der Waals surface area contributed by atoms with E-state index >= 15 is 0 Å². The molecule has 1 rings (SSSR count). The summed E-state index contributed by atoms with van der Waals surface area (Å²) in [5.41, 5.74) is 5.80. The van der Waals surface area contributed by atoms with Gasteiger partial charge < -0.3 is 20.3 Å². The molecule has 1 aliphatic carbocycles. The molecule has 0 amide bonds. The van der Waals surface area contributed by atoms with E-state index in [4.69, 9.17) is 15.2 Å². The highest BCUT2D eigenvalue weighted by atomic mass is 16.5. The van der Waals surface area contributed by atoms with E-state index in [1.807, 2.05) is 0 Å². The van der Waals surface area contributed by atoms with Gasteiger partial charge in [-0.05, 0) is 19.3 Å². The summed E-state index contributed by atoms with van der Waals surface area (Å²) in [6.45, 7) is 0.647. The molecule has 1 saturated carbocycles. The molecule has 0 aliphatic heterocycles. The molecule has 0 aromatic carbocycles. The van der Waals surface area contributed by atoms with E-state index in [0.29, 0.717) is 13.2 Å². The Morgan fingerprint density at radius 2 is 2.23 bits per heavy atom. The fourth-order valence-corrected chi connectivity index (χ4v) is 1.64. The summed E-state index contributed by atoms with van der Waals surface area (Å²) in [5.74, 6) is 0. The zero-order chi connectivity index (χ0) is 9.68. The van der Waals surface area contributed by atoms with Crippen molar-refractivity contribution < 1.29 is 14.6 Å². The summed E-state index contributed by atoms with van der Waals surface area (Å²) in [4.78, 5) is 0. The lowest BCUT2D eigenvalue weighted by molar-refractivity contribution is -0.0378. The average molecular weight is 189 g/mol. The Labute approximate surface area is 79.0 Å². The van der Waals surface area contributed by atoms with Crippen molar-refractivity contribution in [1.29, 1.82) is 0 Å². The Kier molecular flexibility index (Phi) is 4.66. The topological polar surface area (TPSA) is 64.7 Å². The first-order chi connectivity index (χ1) is 6.24. The minimum Gasteiger partial charge on any atom is -0.388 e. The molecule has 0 bridgehead atoms. The van der Waals surface area contributed by atoms with Crippen LogP contribution in [-0.4, -0.2) is 43.7 Å². The van der Waals surface area contributed by atoms with Gasteiger partial charge in [-0.1, -0.05) is 0 Å². The number of rotatable bonds is 5. The summed E-state index contributed by atoms with van der Waals surface area (Å²) in [6.07, 6.45) is 2.78. The molecule has 3 N–H and O–H groups in total. The van der Waals surface area contributed by atoms with Crippen molar-refractivity contribution in [3.05, 3.63) is 0 Å². The average Bonchev–Trinajstić information content (AvgIpc) is 2.48. The molecule has 78 valence electrons. The van der Waals surface area contributed by atoms with Crippen LogP contribution in [0.4, 0.5) is 0 Å². The van der Waals surface area contributed by atoms with E-state index in [2.05, 4.69) is 0 Å². The minimum absolute atomic E-state index is 0.131. The Morgan fingerprint density at radius 1 is 1.46 bits per heavy atom. The van der Waals surface area contributed by atoms with Crippen molar-refractivity contribution in [1.82, 2.24) is 0 Å². The fourth-order valence-electron chi connectivity index (χ4n) is 1.64. The molecule has 4 nitrogen and oxygen atoms in total. The summed E-state index contributed by atoms with van der Waals surface area (Å²) in [7, 11) is 1.56. The first kappa shape index (κ1) is 10.9. The van der Waals surface area contributed by atoms with Gasteiger partial charge in [0, 0.05) is 13.2 Å². The predicted molar refractivity (Wildman–Crippen MR) is 49.4 cm³/mol. The third kappa shape index (κ3) is 3.60. The van der Waals surface area contributed by atoms with Crippen molar-refractivity contribution >= 4 is 0 Å². The Morgan fingerprint density at radius 3 is 2.77 bits per heavy atom. The number of nitrogens with two attached hydrogens (primary N) is 1. The molecule has 4 heteroatoms. The SMILES string of the molecule is COCC(O)COC1CCCC1N. The van der Waals surface area contributed by atoms with Crippen LogP contribution in [0.3, 0.4) is 0 Å². The van der Waals surface area contributed by atoms with Crippen molar-refractivity contribution in [2.75, 3.05) is 20.3 Å². The molecule has 1 aliphatic rings. The maximum atomic E-state index is 9.30. The number of hydrogen-bond acceptors (Lipinski definition) is 4. The highest BCUT2D eigenvalue weighted by molar-refractivity contribution is 4.81. The van der Waals surface area contributed by atoms with Gasteiger partial charge in [-0.25, -0.2) is 0 Å². The maximum absolute atomic E-state index is 9.30. The summed E-state index contributed by atoms with van der Waals surface area (Å²) < 4.78 is 10.3. The molecule has 0 aromatic rings. The molecule has 0 spiro atoms. The Balaban J connectivity index is 2.10. The Bertz CT molecular complexity index is 143. The van der Waals surface area contributed by atoms with Crippen LogP contribution in [0.15, 0.2) is 0 Å². The van der Waals surface area contributed by atoms with Gasteiger partial charge in [0.15, 0.2) is 0 Å². The van der Waals surface area contributed by atoms with Crippen molar-refractivity contribution in [2.24, 2.45) is 5.73 Å². The van der Waals surface area contributed by atoms with Gasteiger partial charge in [-0.2, -0.15) is 0 Å². The van der Waals surface area contributed by atoms with Crippen molar-refractivity contribution in [3.63, 3.8) is 0 Å². The minimum atomic E-state index is -0.530. The van der Waals surface area contributed by atoms with E-state index in [0.717, 1.165) is 19.3 Å². The number of methoxy groups -OCH3 is 1. The van der Waals surface area contributed by atoms with Gasteiger partial charge in [-0.3, -0.25) is 0 Å². The lowest BCUT2D eigenvalue weighted by atomic mass is 10.2. The third-order valence-electron chi connectivity index (χ3n) is 2.37. The number of ether oxygens (including phenoxy) is 2. The third-order valence-corrected chi connectivity index (χ3v) is 2.37. The van der Waals surface area contributed by atoms with Gasteiger partial charge in [-0.15, -0.1) is 0 Å². The van der Waals surface area contributed by atoms with Gasteiger partial charge in [0.25, 0.3) is 0 Å². The Hall–Kier alpha value is -0.160. The molecular formula is C9H19NO3. The van der Waals surface area contributed by atoms with E-state index in [-0.39, 0.29) is 12.1 Å². The van der Waals surface area contributed by atoms with Crippen LogP contribution in [0.2, 0.25) is 0 Å². The second-order valence-electron chi connectivity index (χ2n) is 3.58. The van der Waals surface area contributed by atoms with Crippen LogP contribution in [0, 0.1) is 0 Å². The first-order valence-electron chi connectivity index (χ1n) is 4.78. The van der Waals surface area contributed by atoms with E-state index < -0.39 is 6.10 Å². The lowest BCUT2D eigenvalue weighted by Crippen LogP contribution is -2.34. The van der Waals surface area contributed by atoms with Gasteiger partial charge in [0.1, 0.15) is 6.10 Å². The molecule has 3 unspecified atom stereocenters. The molecule has 0 radical (unpaired) electrons. The molecule has 0 saturated heterocycles. The molecule has 1 fully saturated rings. The second-order valence-corrected chi connectivity index (χ2v) is 3.58. The highest BCUT2D eigenvalue weighted by Crippen LogP contribution is 2.20. The molecule has 0 heterocycles. The molecular weight excluding hydrogens is 170 g/mol. The number of aliphatic hydroxyl groups is 1. The predicted octanol–water partition coefficient (Wildman–Crippen LogP) is -0.110. The standard InChI is InChI=1S/C9H19NO3/c1-12-5-7(11)6-13-9-4-2-3-8(9)10/h7-9,11H,2-6,10H2,1H3. The smallest absolute Gasteiger partial charge is 0.101 e. The summed E-state index contributed by atoms with van der Waals surface area (Å²) in [6, 6.07) is 0.148. The monoisotopic (exact) mass is 189 g/mol. The van der Waals surface area contributed by atoms with Crippen LogP contribution in [0.5, 0.6) is 0 Å². The van der Waals surface area contributed by atoms with E-state index in [9.17, 15) is 5.11 Å². The molecule has 0 aromatic heterocycles. The van der Waals surface area contributed by atoms with Crippen molar-refractivity contribution in [3.8, 4) is 0 Å². The normalized spacial score (nSPS) is 30.7. The largest absolute Gasteiger partial charge is 0.388 e. The first-order valence-corrected chi connectivity index (χ1v) is 4.78. The quantitative estimate of drug-likeness (QED) is 0.633. The van der Waals surface area contributed by atoms with Crippen LogP contribution < -0.4 is 5.73 Å². The van der Waals surface area contributed by atoms with Crippen LogP contribution in [0.1, 0.15) is 19.3 Å². The van der Waals surface area contributed by atoms with Gasteiger partial charge >= 0.3 is 0 Å². The van der Waals surface area contributed by atoms with Crippen molar-refractivity contribution in [2.45, 2.75) is 37.5 Å². The van der Waals surface area contributed by atoms with Crippen LogP contribution >= 0.6 is 0 Å². The maximum Gasteiger partial charge on any atom is 0.101 e. The van der Waals surface area contributed by atoms with E-state index in [1.165, 1.54) is 0 Å². The zero-order valence-corrected chi connectivity index (χ0v) is 8.11.